The predicted molar refractivity (Wildman–Crippen MR) is 56.2 cm³/mol. The number of esters is 1. The van der Waals surface area contributed by atoms with Crippen molar-refractivity contribution < 1.29 is 57.8 Å². The highest BCUT2D eigenvalue weighted by Crippen LogP contribution is 2.58. The van der Waals surface area contributed by atoms with E-state index in [2.05, 4.69) is 11.3 Å². The summed E-state index contributed by atoms with van der Waals surface area (Å²) in [4.78, 5) is 10.9. The summed E-state index contributed by atoms with van der Waals surface area (Å²) in [6.07, 6.45) is -9.85. The van der Waals surface area contributed by atoms with Crippen LogP contribution >= 0.6 is 0 Å². The van der Waals surface area contributed by atoms with Crippen molar-refractivity contribution in [3.63, 3.8) is 0 Å². The van der Waals surface area contributed by atoms with Crippen molar-refractivity contribution in [1.29, 1.82) is 0 Å². The van der Waals surface area contributed by atoms with E-state index in [1.165, 1.54) is 0 Å². The van der Waals surface area contributed by atoms with E-state index in [1.54, 1.807) is 0 Å². The maximum atomic E-state index is 13.3. The molecular weight excluding hydrogens is 373 g/mol. The lowest BCUT2D eigenvalue weighted by Crippen LogP contribution is -2.66. The van der Waals surface area contributed by atoms with Crippen molar-refractivity contribution in [2.45, 2.75) is 43.2 Å². The van der Waals surface area contributed by atoms with E-state index in [0.717, 1.165) is 6.92 Å². The molecule has 0 rings (SSSR count). The minimum Gasteiger partial charge on any atom is -0.463 e. The van der Waals surface area contributed by atoms with Crippen molar-refractivity contribution in [2.24, 2.45) is 0 Å². The standard InChI is InChI=1S/C11H9F11O2/c1-3-24-6(23)5(2)4-7(12,13)8(14,15)9(16,17)10(18,19)11(20,21)22/h2-4H2,1H3. The molecule has 0 amide bonds. The quantitative estimate of drug-likeness (QED) is 0.366. The third-order valence-corrected chi connectivity index (χ3v) is 2.60. The maximum Gasteiger partial charge on any atom is 0.460 e. The van der Waals surface area contributed by atoms with Crippen LogP contribution in [-0.4, -0.2) is 42.4 Å². The van der Waals surface area contributed by atoms with E-state index < -0.39 is 54.4 Å². The molecule has 2 nitrogen and oxygen atoms in total. The van der Waals surface area contributed by atoms with Gasteiger partial charge >= 0.3 is 35.8 Å². The highest BCUT2D eigenvalue weighted by atomic mass is 19.4. The number of hydrogen-bond donors (Lipinski definition) is 0. The first-order valence-corrected chi connectivity index (χ1v) is 5.79. The summed E-state index contributed by atoms with van der Waals surface area (Å²) in [6.45, 7) is 3.21. The molecule has 0 saturated carbocycles. The topological polar surface area (TPSA) is 26.3 Å². The molecule has 0 heterocycles. The number of rotatable bonds is 7. The lowest BCUT2D eigenvalue weighted by molar-refractivity contribution is -0.421. The zero-order valence-corrected chi connectivity index (χ0v) is 11.6. The molecule has 0 spiro atoms. The molecule has 0 aromatic carbocycles. The van der Waals surface area contributed by atoms with Crippen molar-refractivity contribution >= 4 is 5.97 Å². The van der Waals surface area contributed by atoms with Crippen molar-refractivity contribution in [1.82, 2.24) is 0 Å². The van der Waals surface area contributed by atoms with E-state index in [-0.39, 0.29) is 0 Å². The number of halogens is 11. The number of alkyl halides is 11. The Morgan fingerprint density at radius 2 is 1.25 bits per heavy atom. The van der Waals surface area contributed by atoms with E-state index >= 15 is 0 Å². The van der Waals surface area contributed by atoms with Gasteiger partial charge in [-0.05, 0) is 6.92 Å². The van der Waals surface area contributed by atoms with Crippen LogP contribution in [0.5, 0.6) is 0 Å². The van der Waals surface area contributed by atoms with Gasteiger partial charge in [0.25, 0.3) is 0 Å². The van der Waals surface area contributed by atoms with Gasteiger partial charge in [-0.1, -0.05) is 6.58 Å². The first kappa shape index (κ1) is 22.4. The normalized spacial score (nSPS) is 14.5. The summed E-state index contributed by atoms with van der Waals surface area (Å²) in [7, 11) is 0. The smallest absolute Gasteiger partial charge is 0.460 e. The average molecular weight is 382 g/mol. The van der Waals surface area contributed by atoms with Gasteiger partial charge in [0, 0.05) is 12.0 Å². The second-order valence-electron chi connectivity index (χ2n) is 4.43. The van der Waals surface area contributed by atoms with Crippen LogP contribution in [0.2, 0.25) is 0 Å². The number of ether oxygens (including phenoxy) is 1. The zero-order valence-electron chi connectivity index (χ0n) is 11.6. The largest absolute Gasteiger partial charge is 0.463 e. The Hall–Kier alpha value is -1.56. The highest BCUT2D eigenvalue weighted by molar-refractivity contribution is 5.87. The molecule has 142 valence electrons. The first-order chi connectivity index (χ1) is 10.4. The third kappa shape index (κ3) is 3.58. The van der Waals surface area contributed by atoms with Gasteiger partial charge in [0.05, 0.1) is 6.61 Å². The van der Waals surface area contributed by atoms with E-state index in [0.29, 0.717) is 0 Å². The Morgan fingerprint density at radius 3 is 1.58 bits per heavy atom. The van der Waals surface area contributed by atoms with Gasteiger partial charge in [-0.25, -0.2) is 4.79 Å². The number of hydrogen-bond acceptors (Lipinski definition) is 2. The number of carbonyl (C=O) groups is 1. The van der Waals surface area contributed by atoms with Crippen molar-refractivity contribution in [3.05, 3.63) is 12.2 Å². The van der Waals surface area contributed by atoms with Crippen LogP contribution in [-0.2, 0) is 9.53 Å². The molecule has 0 bridgehead atoms. The minimum atomic E-state index is -7.50. The highest BCUT2D eigenvalue weighted by Gasteiger charge is 2.86. The Morgan fingerprint density at radius 1 is 0.833 bits per heavy atom. The van der Waals surface area contributed by atoms with Crippen LogP contribution in [0.1, 0.15) is 13.3 Å². The molecule has 0 radical (unpaired) electrons. The van der Waals surface area contributed by atoms with Gasteiger partial charge in [-0.3, -0.25) is 0 Å². The lowest BCUT2D eigenvalue weighted by Gasteiger charge is -2.37. The Bertz CT molecular complexity index is 493. The first-order valence-electron chi connectivity index (χ1n) is 5.79. The summed E-state index contributed by atoms with van der Waals surface area (Å²) in [5.41, 5.74) is -1.52. The summed E-state index contributed by atoms with van der Waals surface area (Å²) >= 11 is 0. The second-order valence-corrected chi connectivity index (χ2v) is 4.43. The van der Waals surface area contributed by atoms with Crippen LogP contribution in [0, 0.1) is 0 Å². The Balaban J connectivity index is 5.77. The minimum absolute atomic E-state index is 0.456. The number of carbonyl (C=O) groups excluding carboxylic acids is 1. The van der Waals surface area contributed by atoms with Crippen LogP contribution in [0.4, 0.5) is 48.3 Å². The average Bonchev–Trinajstić information content (AvgIpc) is 2.36. The Labute approximate surface area is 127 Å². The van der Waals surface area contributed by atoms with Crippen LogP contribution in [0.25, 0.3) is 0 Å². The van der Waals surface area contributed by atoms with Gasteiger partial charge < -0.3 is 4.74 Å². The summed E-state index contributed by atoms with van der Waals surface area (Å²) in [5.74, 6) is -30.0. The molecular formula is C11H9F11O2. The molecule has 13 heteroatoms. The summed E-state index contributed by atoms with van der Waals surface area (Å²) in [6, 6.07) is 0. The van der Waals surface area contributed by atoms with Crippen molar-refractivity contribution in [2.75, 3.05) is 6.61 Å². The van der Waals surface area contributed by atoms with Crippen LogP contribution < -0.4 is 0 Å². The monoisotopic (exact) mass is 382 g/mol. The summed E-state index contributed by atoms with van der Waals surface area (Å²) < 4.78 is 143. The second kappa shape index (κ2) is 6.39. The van der Waals surface area contributed by atoms with Gasteiger partial charge in [0.2, 0.25) is 0 Å². The lowest BCUT2D eigenvalue weighted by atomic mass is 9.94. The van der Waals surface area contributed by atoms with Crippen LogP contribution in [0.3, 0.4) is 0 Å². The van der Waals surface area contributed by atoms with Gasteiger partial charge in [-0.15, -0.1) is 0 Å². The molecule has 0 saturated heterocycles. The fourth-order valence-corrected chi connectivity index (χ4v) is 1.29. The molecule has 0 aromatic heterocycles. The molecule has 0 aliphatic rings. The van der Waals surface area contributed by atoms with Crippen LogP contribution in [0.15, 0.2) is 12.2 Å². The van der Waals surface area contributed by atoms with Gasteiger partial charge in [-0.2, -0.15) is 48.3 Å². The molecule has 0 fully saturated rings. The van der Waals surface area contributed by atoms with E-state index in [1.807, 2.05) is 0 Å². The maximum absolute atomic E-state index is 13.3. The molecule has 0 atom stereocenters. The van der Waals surface area contributed by atoms with E-state index in [4.69, 9.17) is 0 Å². The van der Waals surface area contributed by atoms with Crippen molar-refractivity contribution in [3.8, 4) is 0 Å². The SMILES string of the molecule is C=C(CC(F)(F)C(F)(F)C(F)(F)C(F)(F)C(F)(F)F)C(=O)OCC. The molecule has 24 heavy (non-hydrogen) atoms. The predicted octanol–water partition coefficient (Wildman–Crippen LogP) is 4.60. The van der Waals surface area contributed by atoms with Gasteiger partial charge in [0.1, 0.15) is 0 Å². The molecule has 0 aliphatic carbocycles. The molecule has 0 N–H and O–H groups in total. The molecule has 0 aliphatic heterocycles. The summed E-state index contributed by atoms with van der Waals surface area (Å²) in [5, 5.41) is 0. The molecule has 0 aromatic rings. The van der Waals surface area contributed by atoms with E-state index in [9.17, 15) is 53.1 Å². The fourth-order valence-electron chi connectivity index (χ4n) is 1.29. The zero-order chi connectivity index (χ0) is 19.8. The fraction of sp³-hybridized carbons (Fsp3) is 0.727. The molecule has 0 unspecified atom stereocenters. The van der Waals surface area contributed by atoms with Gasteiger partial charge in [0.15, 0.2) is 0 Å². The third-order valence-electron chi connectivity index (χ3n) is 2.60. The Kier molecular flexibility index (Phi) is 5.97.